The fourth-order valence-corrected chi connectivity index (χ4v) is 3.88. The maximum atomic E-state index is 12.9. The summed E-state index contributed by atoms with van der Waals surface area (Å²) in [7, 11) is 4.54. The van der Waals surface area contributed by atoms with Gasteiger partial charge in [0.2, 0.25) is 11.5 Å². The standard InChI is InChI=1S/C29H28O7/c1-29(2,3)19-10-7-17(8-11-19)28(31)35-20-12-13-21-23(16-20)36-24(25(21)30)15-18-9-14-22(32-4)27(34-6)26(18)33-5/h7-16H,1-6H3. The number of ether oxygens (including phenoxy) is 5. The van der Waals surface area contributed by atoms with Crippen LogP contribution >= 0.6 is 0 Å². The Morgan fingerprint density at radius 3 is 2.17 bits per heavy atom. The highest BCUT2D eigenvalue weighted by atomic mass is 16.5. The smallest absolute Gasteiger partial charge is 0.343 e. The number of carbonyl (C=O) groups is 2. The number of carbonyl (C=O) groups excluding carboxylic acids is 2. The largest absolute Gasteiger partial charge is 0.493 e. The summed E-state index contributed by atoms with van der Waals surface area (Å²) < 4.78 is 27.6. The van der Waals surface area contributed by atoms with E-state index in [9.17, 15) is 9.59 Å². The summed E-state index contributed by atoms with van der Waals surface area (Å²) in [6.45, 7) is 6.32. The van der Waals surface area contributed by atoms with Crippen LogP contribution in [0.25, 0.3) is 6.08 Å². The van der Waals surface area contributed by atoms with Crippen LogP contribution in [0.5, 0.6) is 28.7 Å². The monoisotopic (exact) mass is 488 g/mol. The van der Waals surface area contributed by atoms with Crippen LogP contribution in [-0.4, -0.2) is 33.1 Å². The summed E-state index contributed by atoms with van der Waals surface area (Å²) in [6.07, 6.45) is 1.57. The molecule has 1 aliphatic heterocycles. The highest BCUT2D eigenvalue weighted by molar-refractivity contribution is 6.14. The van der Waals surface area contributed by atoms with Crippen LogP contribution in [0.4, 0.5) is 0 Å². The second kappa shape index (κ2) is 9.77. The Balaban J connectivity index is 1.56. The number of Topliss-reactive ketones (excluding diaryl/α,β-unsaturated/α-hetero) is 1. The van der Waals surface area contributed by atoms with E-state index in [1.54, 1.807) is 42.5 Å². The van der Waals surface area contributed by atoms with E-state index in [1.807, 2.05) is 12.1 Å². The fourth-order valence-electron chi connectivity index (χ4n) is 3.88. The van der Waals surface area contributed by atoms with Crippen molar-refractivity contribution in [3.8, 4) is 28.7 Å². The zero-order chi connectivity index (χ0) is 26.0. The van der Waals surface area contributed by atoms with Crippen molar-refractivity contribution in [1.29, 1.82) is 0 Å². The minimum Gasteiger partial charge on any atom is -0.493 e. The van der Waals surface area contributed by atoms with Crippen molar-refractivity contribution in [2.75, 3.05) is 21.3 Å². The van der Waals surface area contributed by atoms with Gasteiger partial charge in [0.15, 0.2) is 17.3 Å². The SMILES string of the molecule is COc1ccc(C=C2Oc3cc(OC(=O)c4ccc(C(C)(C)C)cc4)ccc3C2=O)c(OC)c1OC. The number of esters is 1. The molecule has 0 unspecified atom stereocenters. The van der Waals surface area contributed by atoms with E-state index in [4.69, 9.17) is 23.7 Å². The molecular formula is C29H28O7. The molecular weight excluding hydrogens is 460 g/mol. The third-order valence-corrected chi connectivity index (χ3v) is 5.86. The van der Waals surface area contributed by atoms with Gasteiger partial charge in [-0.1, -0.05) is 32.9 Å². The van der Waals surface area contributed by atoms with Crippen molar-refractivity contribution in [2.45, 2.75) is 26.2 Å². The van der Waals surface area contributed by atoms with Gasteiger partial charge in [0, 0.05) is 11.6 Å². The van der Waals surface area contributed by atoms with Crippen molar-refractivity contribution in [3.63, 3.8) is 0 Å². The van der Waals surface area contributed by atoms with Gasteiger partial charge in [-0.3, -0.25) is 4.79 Å². The van der Waals surface area contributed by atoms with Crippen LogP contribution in [0.2, 0.25) is 0 Å². The normalized spacial score (nSPS) is 13.7. The Hall–Kier alpha value is -4.26. The van der Waals surface area contributed by atoms with Gasteiger partial charge in [0.25, 0.3) is 0 Å². The molecule has 0 atom stereocenters. The van der Waals surface area contributed by atoms with Crippen LogP contribution in [0.15, 0.2) is 60.4 Å². The summed E-state index contributed by atoms with van der Waals surface area (Å²) in [5.74, 6) is 1.21. The van der Waals surface area contributed by atoms with Gasteiger partial charge >= 0.3 is 5.97 Å². The highest BCUT2D eigenvalue weighted by Gasteiger charge is 2.29. The quantitative estimate of drug-likeness (QED) is 0.245. The van der Waals surface area contributed by atoms with Gasteiger partial charge in [0.1, 0.15) is 11.5 Å². The van der Waals surface area contributed by atoms with E-state index in [0.717, 1.165) is 5.56 Å². The van der Waals surface area contributed by atoms with E-state index in [0.29, 0.717) is 39.7 Å². The average Bonchev–Trinajstić information content (AvgIpc) is 3.17. The number of rotatable bonds is 6. The molecule has 0 aromatic heterocycles. The molecule has 0 amide bonds. The lowest BCUT2D eigenvalue weighted by atomic mass is 9.87. The van der Waals surface area contributed by atoms with Crippen LogP contribution in [0.3, 0.4) is 0 Å². The van der Waals surface area contributed by atoms with Crippen molar-refractivity contribution in [2.24, 2.45) is 0 Å². The molecule has 0 N–H and O–H groups in total. The summed E-state index contributed by atoms with van der Waals surface area (Å²) >= 11 is 0. The first-order chi connectivity index (χ1) is 17.2. The van der Waals surface area contributed by atoms with Crippen molar-refractivity contribution >= 4 is 17.8 Å². The van der Waals surface area contributed by atoms with Crippen LogP contribution in [0.1, 0.15) is 52.6 Å². The third kappa shape index (κ3) is 4.77. The third-order valence-electron chi connectivity index (χ3n) is 5.86. The lowest BCUT2D eigenvalue weighted by Gasteiger charge is -2.18. The maximum absolute atomic E-state index is 12.9. The highest BCUT2D eigenvalue weighted by Crippen LogP contribution is 2.42. The molecule has 0 fully saturated rings. The van der Waals surface area contributed by atoms with Gasteiger partial charge in [-0.05, 0) is 53.5 Å². The molecule has 1 heterocycles. The Kier molecular flexibility index (Phi) is 6.75. The molecule has 3 aromatic rings. The number of benzene rings is 3. The molecule has 3 aromatic carbocycles. The van der Waals surface area contributed by atoms with E-state index >= 15 is 0 Å². The molecule has 4 rings (SSSR count). The molecule has 7 heteroatoms. The lowest BCUT2D eigenvalue weighted by Crippen LogP contribution is -2.12. The summed E-state index contributed by atoms with van der Waals surface area (Å²) in [5.41, 5.74) is 2.49. The van der Waals surface area contributed by atoms with Gasteiger partial charge < -0.3 is 23.7 Å². The molecule has 186 valence electrons. The Labute approximate surface area is 210 Å². The number of ketones is 1. The van der Waals surface area contributed by atoms with Crippen LogP contribution in [0, 0.1) is 0 Å². The predicted octanol–water partition coefficient (Wildman–Crippen LogP) is 5.85. The Morgan fingerprint density at radius 2 is 1.56 bits per heavy atom. The molecule has 0 aliphatic carbocycles. The van der Waals surface area contributed by atoms with Crippen molar-refractivity contribution in [3.05, 3.63) is 82.6 Å². The predicted molar refractivity (Wildman–Crippen MR) is 136 cm³/mol. The molecule has 0 saturated carbocycles. The van der Waals surface area contributed by atoms with E-state index in [2.05, 4.69) is 20.8 Å². The van der Waals surface area contributed by atoms with Crippen molar-refractivity contribution in [1.82, 2.24) is 0 Å². The molecule has 1 aliphatic rings. The Morgan fingerprint density at radius 1 is 0.861 bits per heavy atom. The maximum Gasteiger partial charge on any atom is 0.343 e. The van der Waals surface area contributed by atoms with Gasteiger partial charge in [-0.15, -0.1) is 0 Å². The van der Waals surface area contributed by atoms with Crippen LogP contribution < -0.4 is 23.7 Å². The first-order valence-electron chi connectivity index (χ1n) is 11.4. The van der Waals surface area contributed by atoms with E-state index in [1.165, 1.54) is 27.4 Å². The second-order valence-electron chi connectivity index (χ2n) is 9.24. The molecule has 36 heavy (non-hydrogen) atoms. The van der Waals surface area contributed by atoms with E-state index < -0.39 is 5.97 Å². The average molecular weight is 489 g/mol. The second-order valence-corrected chi connectivity index (χ2v) is 9.24. The van der Waals surface area contributed by atoms with Crippen molar-refractivity contribution < 1.29 is 33.3 Å². The number of fused-ring (bicyclic) bond motifs is 1. The number of hydrogen-bond acceptors (Lipinski definition) is 7. The van der Waals surface area contributed by atoms with Gasteiger partial charge in [0.05, 0.1) is 32.5 Å². The minimum absolute atomic E-state index is 0.0154. The topological polar surface area (TPSA) is 80.3 Å². The van der Waals surface area contributed by atoms with E-state index in [-0.39, 0.29) is 22.7 Å². The number of methoxy groups -OCH3 is 3. The zero-order valence-corrected chi connectivity index (χ0v) is 21.1. The molecule has 7 nitrogen and oxygen atoms in total. The fraction of sp³-hybridized carbons (Fsp3) is 0.241. The number of hydrogen-bond donors (Lipinski definition) is 0. The molecule has 0 radical (unpaired) electrons. The first kappa shape index (κ1) is 24.9. The number of allylic oxidation sites excluding steroid dienone is 1. The molecule has 0 bridgehead atoms. The van der Waals surface area contributed by atoms with Gasteiger partial charge in [-0.2, -0.15) is 0 Å². The summed E-state index contributed by atoms with van der Waals surface area (Å²) in [5, 5.41) is 0. The first-order valence-corrected chi connectivity index (χ1v) is 11.4. The Bertz CT molecular complexity index is 1350. The zero-order valence-electron chi connectivity index (χ0n) is 21.1. The lowest BCUT2D eigenvalue weighted by molar-refractivity contribution is 0.0734. The summed E-state index contributed by atoms with van der Waals surface area (Å²) in [6, 6.07) is 15.5. The van der Waals surface area contributed by atoms with Crippen LogP contribution in [-0.2, 0) is 5.41 Å². The van der Waals surface area contributed by atoms with Gasteiger partial charge in [-0.25, -0.2) is 4.79 Å². The minimum atomic E-state index is -0.495. The summed E-state index contributed by atoms with van der Waals surface area (Å²) in [4.78, 5) is 25.6. The molecule has 0 saturated heterocycles. The molecule has 0 spiro atoms.